The molecule has 22 heavy (non-hydrogen) atoms. The van der Waals surface area contributed by atoms with Gasteiger partial charge in [-0.2, -0.15) is 5.26 Å². The van der Waals surface area contributed by atoms with E-state index in [0.717, 1.165) is 34.4 Å². The van der Waals surface area contributed by atoms with Crippen LogP contribution in [0, 0.1) is 11.3 Å². The summed E-state index contributed by atoms with van der Waals surface area (Å²) in [5.74, 6) is 0.823. The zero-order valence-corrected chi connectivity index (χ0v) is 13.3. The van der Waals surface area contributed by atoms with Crippen molar-refractivity contribution < 1.29 is 4.74 Å². The molecule has 112 valence electrons. The summed E-state index contributed by atoms with van der Waals surface area (Å²) in [5, 5.41) is 10.3. The Morgan fingerprint density at radius 3 is 2.55 bits per heavy atom. The third-order valence-corrected chi connectivity index (χ3v) is 4.74. The number of methoxy groups -OCH3 is 1. The van der Waals surface area contributed by atoms with Gasteiger partial charge in [-0.05, 0) is 43.2 Å². The Hall–Kier alpha value is -2.19. The summed E-state index contributed by atoms with van der Waals surface area (Å²) < 4.78 is 5.17. The standard InChI is InChI=1S/C17H17N3OS/c1-21-13-4-6-14(7-5-13)22-17-15(12-18)16(8-9-19-17)20-10-2-3-11-20/h4-9H,2-3,10-11H2,1H3. The van der Waals surface area contributed by atoms with Crippen LogP contribution in [0.15, 0.2) is 46.5 Å². The monoisotopic (exact) mass is 311 g/mol. The molecule has 1 aromatic carbocycles. The molecule has 1 aliphatic heterocycles. The molecule has 1 fully saturated rings. The molecule has 0 bridgehead atoms. The lowest BCUT2D eigenvalue weighted by Gasteiger charge is -2.19. The van der Waals surface area contributed by atoms with E-state index in [2.05, 4.69) is 16.0 Å². The predicted molar refractivity (Wildman–Crippen MR) is 87.5 cm³/mol. The van der Waals surface area contributed by atoms with Crippen molar-refractivity contribution in [3.8, 4) is 11.8 Å². The summed E-state index contributed by atoms with van der Waals surface area (Å²) in [7, 11) is 1.65. The first-order valence-electron chi connectivity index (χ1n) is 7.28. The maximum Gasteiger partial charge on any atom is 0.121 e. The zero-order chi connectivity index (χ0) is 15.4. The molecule has 1 aliphatic rings. The fourth-order valence-corrected chi connectivity index (χ4v) is 3.45. The van der Waals surface area contributed by atoms with Gasteiger partial charge in [-0.3, -0.25) is 0 Å². The van der Waals surface area contributed by atoms with Gasteiger partial charge in [0.25, 0.3) is 0 Å². The molecule has 0 amide bonds. The van der Waals surface area contributed by atoms with Gasteiger partial charge in [-0.15, -0.1) is 0 Å². The van der Waals surface area contributed by atoms with Crippen molar-refractivity contribution in [3.05, 3.63) is 42.1 Å². The number of rotatable bonds is 4. The van der Waals surface area contributed by atoms with E-state index >= 15 is 0 Å². The van der Waals surface area contributed by atoms with E-state index in [0.29, 0.717) is 5.56 Å². The van der Waals surface area contributed by atoms with Crippen molar-refractivity contribution in [2.24, 2.45) is 0 Å². The Bertz CT molecular complexity index is 688. The predicted octanol–water partition coefficient (Wildman–Crippen LogP) is 3.71. The fourth-order valence-electron chi connectivity index (χ4n) is 2.59. The van der Waals surface area contributed by atoms with Crippen LogP contribution in [0.4, 0.5) is 5.69 Å². The van der Waals surface area contributed by atoms with E-state index in [1.807, 2.05) is 30.3 Å². The highest BCUT2D eigenvalue weighted by atomic mass is 32.2. The normalized spacial score (nSPS) is 13.9. The van der Waals surface area contributed by atoms with Gasteiger partial charge < -0.3 is 9.64 Å². The van der Waals surface area contributed by atoms with Crippen LogP contribution < -0.4 is 9.64 Å². The number of ether oxygens (including phenoxy) is 1. The zero-order valence-electron chi connectivity index (χ0n) is 12.5. The molecule has 0 N–H and O–H groups in total. The molecule has 2 heterocycles. The molecule has 4 nitrogen and oxygen atoms in total. The second kappa shape index (κ2) is 6.71. The minimum Gasteiger partial charge on any atom is -0.497 e. The smallest absolute Gasteiger partial charge is 0.121 e. The Labute approximate surface area is 134 Å². The van der Waals surface area contributed by atoms with Gasteiger partial charge in [0.15, 0.2) is 0 Å². The lowest BCUT2D eigenvalue weighted by atomic mass is 10.2. The van der Waals surface area contributed by atoms with Crippen molar-refractivity contribution in [2.75, 3.05) is 25.1 Å². The topological polar surface area (TPSA) is 49.1 Å². The summed E-state index contributed by atoms with van der Waals surface area (Å²) in [5.41, 5.74) is 1.68. The van der Waals surface area contributed by atoms with E-state index in [1.165, 1.54) is 24.6 Å². The molecule has 5 heteroatoms. The van der Waals surface area contributed by atoms with Gasteiger partial charge in [-0.1, -0.05) is 11.8 Å². The van der Waals surface area contributed by atoms with E-state index in [9.17, 15) is 5.26 Å². The van der Waals surface area contributed by atoms with Crippen LogP contribution in [0.25, 0.3) is 0 Å². The molecule has 1 saturated heterocycles. The van der Waals surface area contributed by atoms with Crippen molar-refractivity contribution in [1.82, 2.24) is 4.98 Å². The maximum absolute atomic E-state index is 9.57. The van der Waals surface area contributed by atoms with E-state index in [-0.39, 0.29) is 0 Å². The molecule has 3 rings (SSSR count). The lowest BCUT2D eigenvalue weighted by Crippen LogP contribution is -2.19. The molecule has 0 unspecified atom stereocenters. The number of pyridine rings is 1. The van der Waals surface area contributed by atoms with E-state index < -0.39 is 0 Å². The number of benzene rings is 1. The van der Waals surface area contributed by atoms with Crippen LogP contribution in [-0.2, 0) is 0 Å². The second-order valence-corrected chi connectivity index (χ2v) is 6.16. The Balaban J connectivity index is 1.89. The SMILES string of the molecule is COc1ccc(Sc2nccc(N3CCCC3)c2C#N)cc1. The summed E-state index contributed by atoms with van der Waals surface area (Å²) in [6.45, 7) is 2.04. The van der Waals surface area contributed by atoms with Crippen LogP contribution in [0.3, 0.4) is 0 Å². The number of aromatic nitrogens is 1. The average molecular weight is 311 g/mol. The van der Waals surface area contributed by atoms with Gasteiger partial charge in [0.2, 0.25) is 0 Å². The first kappa shape index (κ1) is 14.7. The van der Waals surface area contributed by atoms with Gasteiger partial charge in [0.1, 0.15) is 22.4 Å². The average Bonchev–Trinajstić information content (AvgIpc) is 3.09. The molecule has 1 aromatic heterocycles. The van der Waals surface area contributed by atoms with Crippen molar-refractivity contribution >= 4 is 17.4 Å². The van der Waals surface area contributed by atoms with E-state index in [4.69, 9.17) is 4.74 Å². The summed E-state index contributed by atoms with van der Waals surface area (Å²) in [4.78, 5) is 7.72. The minimum absolute atomic E-state index is 0.671. The van der Waals surface area contributed by atoms with Crippen molar-refractivity contribution in [1.29, 1.82) is 5.26 Å². The third-order valence-electron chi connectivity index (χ3n) is 3.73. The molecule has 0 aliphatic carbocycles. The highest BCUT2D eigenvalue weighted by Crippen LogP contribution is 2.34. The summed E-state index contributed by atoms with van der Waals surface area (Å²) in [6, 6.07) is 12.1. The minimum atomic E-state index is 0.671. The number of nitrogens with zero attached hydrogens (tertiary/aromatic N) is 3. The van der Waals surface area contributed by atoms with Crippen LogP contribution in [0.5, 0.6) is 5.75 Å². The highest BCUT2D eigenvalue weighted by Gasteiger charge is 2.19. The largest absolute Gasteiger partial charge is 0.497 e. The molecular weight excluding hydrogens is 294 g/mol. The van der Waals surface area contributed by atoms with Crippen LogP contribution in [0.2, 0.25) is 0 Å². The third kappa shape index (κ3) is 3.02. The number of anilines is 1. The second-order valence-electron chi connectivity index (χ2n) is 5.09. The van der Waals surface area contributed by atoms with Crippen molar-refractivity contribution in [2.45, 2.75) is 22.8 Å². The molecule has 0 radical (unpaired) electrons. The van der Waals surface area contributed by atoms with Gasteiger partial charge in [0, 0.05) is 24.2 Å². The molecular formula is C17H17N3OS. The summed E-state index contributed by atoms with van der Waals surface area (Å²) in [6.07, 6.45) is 4.17. The van der Waals surface area contributed by atoms with Crippen LogP contribution in [-0.4, -0.2) is 25.2 Å². The number of nitriles is 1. The Morgan fingerprint density at radius 1 is 1.18 bits per heavy atom. The number of hydrogen-bond donors (Lipinski definition) is 0. The first-order chi connectivity index (χ1) is 10.8. The Kier molecular flexibility index (Phi) is 4.50. The number of hydrogen-bond acceptors (Lipinski definition) is 5. The lowest BCUT2D eigenvalue weighted by molar-refractivity contribution is 0.414. The first-order valence-corrected chi connectivity index (χ1v) is 8.09. The van der Waals surface area contributed by atoms with E-state index in [1.54, 1.807) is 13.3 Å². The van der Waals surface area contributed by atoms with Crippen LogP contribution >= 0.6 is 11.8 Å². The highest BCUT2D eigenvalue weighted by molar-refractivity contribution is 7.99. The summed E-state index contributed by atoms with van der Waals surface area (Å²) >= 11 is 1.52. The van der Waals surface area contributed by atoms with Gasteiger partial charge in [-0.25, -0.2) is 4.98 Å². The molecule has 0 spiro atoms. The molecule has 2 aromatic rings. The van der Waals surface area contributed by atoms with Gasteiger partial charge >= 0.3 is 0 Å². The molecule has 0 atom stereocenters. The van der Waals surface area contributed by atoms with Crippen molar-refractivity contribution in [3.63, 3.8) is 0 Å². The molecule has 0 saturated carbocycles. The van der Waals surface area contributed by atoms with Gasteiger partial charge in [0.05, 0.1) is 12.8 Å². The quantitative estimate of drug-likeness (QED) is 0.861. The Morgan fingerprint density at radius 2 is 1.91 bits per heavy atom. The maximum atomic E-state index is 9.57. The fraction of sp³-hybridized carbons (Fsp3) is 0.294. The van der Waals surface area contributed by atoms with Crippen LogP contribution in [0.1, 0.15) is 18.4 Å².